The number of nitriles is 1. The van der Waals surface area contributed by atoms with Gasteiger partial charge in [-0.2, -0.15) is 5.26 Å². The molecule has 3 fully saturated rings. The number of carbonyl (C=O) groups is 2. The molecular formula is C22H31N5O2. The van der Waals surface area contributed by atoms with Crippen molar-refractivity contribution in [2.75, 3.05) is 33.7 Å². The van der Waals surface area contributed by atoms with Crippen LogP contribution in [0.15, 0.2) is 18.3 Å². The van der Waals surface area contributed by atoms with E-state index in [1.54, 1.807) is 23.2 Å². The standard InChI is InChI=1S/C22H31N5O2/c1-25(2)21(29)26-14-16-10-22(11-17(16)15-26,18-6-3-4-7-18)24-13-20(28)27-9-5-8-19(27)12-23/h5,8-9,16-18,24H,3-4,6-7,10-11,13-15H2,1-2H3. The van der Waals surface area contributed by atoms with E-state index in [1.165, 1.54) is 30.3 Å². The van der Waals surface area contributed by atoms with Gasteiger partial charge in [0.2, 0.25) is 5.91 Å². The third-order valence-corrected chi connectivity index (χ3v) is 7.34. The van der Waals surface area contributed by atoms with Crippen LogP contribution >= 0.6 is 0 Å². The molecule has 29 heavy (non-hydrogen) atoms. The molecule has 7 nitrogen and oxygen atoms in total. The highest BCUT2D eigenvalue weighted by Crippen LogP contribution is 2.51. The molecule has 1 N–H and O–H groups in total. The molecule has 1 aliphatic heterocycles. The first-order chi connectivity index (χ1) is 13.9. The lowest BCUT2D eigenvalue weighted by Crippen LogP contribution is -2.52. The lowest BCUT2D eigenvalue weighted by molar-refractivity contribution is 0.0877. The predicted molar refractivity (Wildman–Crippen MR) is 109 cm³/mol. The maximum absolute atomic E-state index is 12.8. The Hall–Kier alpha value is -2.33. The maximum Gasteiger partial charge on any atom is 0.319 e. The number of aromatic nitrogens is 1. The summed E-state index contributed by atoms with van der Waals surface area (Å²) in [5, 5.41) is 12.9. The third-order valence-electron chi connectivity index (χ3n) is 7.34. The van der Waals surface area contributed by atoms with E-state index in [9.17, 15) is 14.9 Å². The zero-order valence-corrected chi connectivity index (χ0v) is 17.4. The highest BCUT2D eigenvalue weighted by Gasteiger charge is 2.53. The van der Waals surface area contributed by atoms with E-state index in [4.69, 9.17) is 0 Å². The minimum Gasteiger partial charge on any atom is -0.331 e. The van der Waals surface area contributed by atoms with E-state index in [2.05, 4.69) is 11.4 Å². The number of likely N-dealkylation sites (tertiary alicyclic amines) is 1. The lowest BCUT2D eigenvalue weighted by Gasteiger charge is -2.38. The highest BCUT2D eigenvalue weighted by atomic mass is 16.2. The van der Waals surface area contributed by atoms with E-state index in [0.717, 1.165) is 25.9 Å². The molecule has 1 saturated heterocycles. The van der Waals surface area contributed by atoms with Gasteiger partial charge in [-0.3, -0.25) is 9.36 Å². The number of urea groups is 1. The fraction of sp³-hybridized carbons (Fsp3) is 0.682. The van der Waals surface area contributed by atoms with Crippen molar-refractivity contribution < 1.29 is 9.59 Å². The van der Waals surface area contributed by atoms with Gasteiger partial charge in [0.05, 0.1) is 6.54 Å². The number of hydrogen-bond donors (Lipinski definition) is 1. The first-order valence-corrected chi connectivity index (χ1v) is 10.8. The highest BCUT2D eigenvalue weighted by molar-refractivity contribution is 5.82. The van der Waals surface area contributed by atoms with Crippen molar-refractivity contribution >= 4 is 11.9 Å². The van der Waals surface area contributed by atoms with E-state index < -0.39 is 0 Å². The molecule has 3 aliphatic rings. The molecule has 2 atom stereocenters. The van der Waals surface area contributed by atoms with Gasteiger partial charge in [0.1, 0.15) is 11.8 Å². The van der Waals surface area contributed by atoms with Crippen molar-refractivity contribution in [2.24, 2.45) is 17.8 Å². The normalized spacial score (nSPS) is 29.1. The van der Waals surface area contributed by atoms with Crippen molar-refractivity contribution in [1.82, 2.24) is 19.7 Å². The van der Waals surface area contributed by atoms with Crippen LogP contribution in [-0.2, 0) is 0 Å². The molecule has 0 radical (unpaired) electrons. The fourth-order valence-electron chi connectivity index (χ4n) is 5.99. The molecule has 156 valence electrons. The largest absolute Gasteiger partial charge is 0.331 e. The quantitative estimate of drug-likeness (QED) is 0.847. The number of rotatable bonds is 4. The smallest absolute Gasteiger partial charge is 0.319 e. The number of nitrogens with zero attached hydrogens (tertiary/aromatic N) is 4. The Morgan fingerprint density at radius 2 is 1.90 bits per heavy atom. The summed E-state index contributed by atoms with van der Waals surface area (Å²) >= 11 is 0. The molecule has 2 amide bonds. The molecule has 1 aromatic heterocycles. The summed E-state index contributed by atoms with van der Waals surface area (Å²) in [7, 11) is 3.62. The molecular weight excluding hydrogens is 366 g/mol. The number of hydrogen-bond acceptors (Lipinski definition) is 4. The van der Waals surface area contributed by atoms with Crippen LogP contribution in [0.5, 0.6) is 0 Å². The number of fused-ring (bicyclic) bond motifs is 1. The van der Waals surface area contributed by atoms with E-state index >= 15 is 0 Å². The van der Waals surface area contributed by atoms with Crippen LogP contribution in [0.3, 0.4) is 0 Å². The van der Waals surface area contributed by atoms with Crippen molar-refractivity contribution in [3.63, 3.8) is 0 Å². The second kappa shape index (κ2) is 7.83. The average Bonchev–Trinajstić information content (AvgIpc) is 3.48. The van der Waals surface area contributed by atoms with Crippen LogP contribution in [-0.4, -0.2) is 65.6 Å². The molecule has 2 heterocycles. The first-order valence-electron chi connectivity index (χ1n) is 10.8. The molecule has 7 heteroatoms. The predicted octanol–water partition coefficient (Wildman–Crippen LogP) is 2.54. The molecule has 2 unspecified atom stereocenters. The van der Waals surface area contributed by atoms with Gasteiger partial charge < -0.3 is 15.1 Å². The molecule has 0 spiro atoms. The number of carbonyl (C=O) groups excluding carboxylic acids is 2. The monoisotopic (exact) mass is 397 g/mol. The van der Waals surface area contributed by atoms with Gasteiger partial charge in [-0.1, -0.05) is 12.8 Å². The van der Waals surface area contributed by atoms with Crippen molar-refractivity contribution in [3.05, 3.63) is 24.0 Å². The Labute approximate surface area is 172 Å². The maximum atomic E-state index is 12.8. The second-order valence-corrected chi connectivity index (χ2v) is 9.27. The van der Waals surface area contributed by atoms with Gasteiger partial charge in [-0.05, 0) is 55.6 Å². The topological polar surface area (TPSA) is 81.4 Å². The molecule has 0 bridgehead atoms. The summed E-state index contributed by atoms with van der Waals surface area (Å²) in [6, 6.07) is 5.58. The van der Waals surface area contributed by atoms with E-state index in [-0.39, 0.29) is 24.0 Å². The van der Waals surface area contributed by atoms with Gasteiger partial charge in [-0.25, -0.2) is 4.79 Å². The van der Waals surface area contributed by atoms with Crippen LogP contribution in [0, 0.1) is 29.1 Å². The third kappa shape index (κ3) is 3.66. The zero-order chi connectivity index (χ0) is 20.6. The molecule has 2 aliphatic carbocycles. The van der Waals surface area contributed by atoms with Gasteiger partial charge in [0.15, 0.2) is 0 Å². The Bertz CT molecular complexity index is 803. The Balaban J connectivity index is 1.46. The van der Waals surface area contributed by atoms with Crippen molar-refractivity contribution in [2.45, 2.75) is 44.1 Å². The van der Waals surface area contributed by atoms with Crippen LogP contribution in [0.4, 0.5) is 4.79 Å². The summed E-state index contributed by atoms with van der Waals surface area (Å²) < 4.78 is 1.45. The van der Waals surface area contributed by atoms with Gasteiger partial charge in [-0.15, -0.1) is 0 Å². The van der Waals surface area contributed by atoms with Gasteiger partial charge in [0.25, 0.3) is 0 Å². The summed E-state index contributed by atoms with van der Waals surface area (Å²) in [6.45, 7) is 1.89. The average molecular weight is 398 g/mol. The lowest BCUT2D eigenvalue weighted by atomic mass is 9.79. The Morgan fingerprint density at radius 1 is 1.24 bits per heavy atom. The van der Waals surface area contributed by atoms with Crippen molar-refractivity contribution in [3.8, 4) is 6.07 Å². The first kappa shape index (κ1) is 20.0. The minimum absolute atomic E-state index is 0.0191. The molecule has 1 aromatic rings. The van der Waals surface area contributed by atoms with E-state index in [0.29, 0.717) is 23.4 Å². The zero-order valence-electron chi connectivity index (χ0n) is 17.4. The van der Waals surface area contributed by atoms with Crippen LogP contribution in [0.2, 0.25) is 0 Å². The van der Waals surface area contributed by atoms with Crippen LogP contribution in [0.1, 0.15) is 49.0 Å². The molecule has 4 rings (SSSR count). The molecule has 0 aromatic carbocycles. The Kier molecular flexibility index (Phi) is 5.39. The molecule has 2 saturated carbocycles. The van der Waals surface area contributed by atoms with Gasteiger partial charge in [0, 0.05) is 38.9 Å². The number of nitrogens with one attached hydrogen (secondary N) is 1. The summed E-state index contributed by atoms with van der Waals surface area (Å²) in [4.78, 5) is 28.8. The SMILES string of the molecule is CN(C)C(=O)N1CC2CC(NCC(=O)n3cccc3C#N)(C3CCCC3)CC2C1. The summed E-state index contributed by atoms with van der Waals surface area (Å²) in [5.41, 5.74) is 0.363. The fourth-order valence-corrected chi connectivity index (χ4v) is 5.99. The summed E-state index contributed by atoms with van der Waals surface area (Å²) in [5.74, 6) is 1.52. The second-order valence-electron chi connectivity index (χ2n) is 9.27. The van der Waals surface area contributed by atoms with Crippen molar-refractivity contribution in [1.29, 1.82) is 5.26 Å². The van der Waals surface area contributed by atoms with Crippen LogP contribution < -0.4 is 5.32 Å². The summed E-state index contributed by atoms with van der Waals surface area (Å²) in [6.07, 6.45) is 8.69. The number of amides is 2. The van der Waals surface area contributed by atoms with Gasteiger partial charge >= 0.3 is 6.03 Å². The van der Waals surface area contributed by atoms with E-state index in [1.807, 2.05) is 19.0 Å². The minimum atomic E-state index is -0.0783. The Morgan fingerprint density at radius 3 is 2.48 bits per heavy atom. The van der Waals surface area contributed by atoms with Crippen LogP contribution in [0.25, 0.3) is 0 Å².